The monoisotopic (exact) mass is 555 g/mol. The molecule has 0 bridgehead atoms. The van der Waals surface area contributed by atoms with Crippen LogP contribution in [0.1, 0.15) is 30.1 Å². The number of nitrogens with one attached hydrogen (secondary N) is 1. The van der Waals surface area contributed by atoms with E-state index >= 15 is 0 Å². The van der Waals surface area contributed by atoms with Crippen molar-refractivity contribution in [3.63, 3.8) is 0 Å². The van der Waals surface area contributed by atoms with Crippen LogP contribution in [0.4, 0.5) is 10.5 Å². The Kier molecular flexibility index (Phi) is 9.54. The predicted molar refractivity (Wildman–Crippen MR) is 124 cm³/mol. The van der Waals surface area contributed by atoms with Crippen molar-refractivity contribution in [2.24, 2.45) is 0 Å². The molecule has 0 aromatic heterocycles. The van der Waals surface area contributed by atoms with Crippen LogP contribution in [0.25, 0.3) is 0 Å². The van der Waals surface area contributed by atoms with Crippen LogP contribution in [-0.2, 0) is 14.3 Å². The number of aliphatic carboxylic acids is 1. The van der Waals surface area contributed by atoms with E-state index in [0.29, 0.717) is 33.0 Å². The number of aryl methyl sites for hydroxylation is 1. The van der Waals surface area contributed by atoms with Gasteiger partial charge >= 0.3 is 12.1 Å². The van der Waals surface area contributed by atoms with Gasteiger partial charge in [-0.3, -0.25) is 5.32 Å². The van der Waals surface area contributed by atoms with Gasteiger partial charge in [0.1, 0.15) is 5.75 Å². The molecule has 7 nitrogen and oxygen atoms in total. The maximum absolute atomic E-state index is 12.6. The van der Waals surface area contributed by atoms with Crippen LogP contribution in [0.2, 0.25) is 0 Å². The number of hydrogen-bond donors (Lipinski definition) is 3. The zero-order valence-corrected chi connectivity index (χ0v) is 20.1. The number of carbonyl (C=O) groups excluding carboxylic acids is 1. The average Bonchev–Trinajstić information content (AvgIpc) is 2.71. The Morgan fingerprint density at radius 3 is 2.48 bits per heavy atom. The lowest BCUT2D eigenvalue weighted by Gasteiger charge is -2.27. The predicted octanol–water partition coefficient (Wildman–Crippen LogP) is 5.95. The lowest BCUT2D eigenvalue weighted by molar-refractivity contribution is -0.131. The number of rotatable bonds is 9. The van der Waals surface area contributed by atoms with Gasteiger partial charge in [0, 0.05) is 28.9 Å². The standard InChI is InChI=1S/C22H23Br2NO6/c1-13-7-9-15(10-8-13)25-22(29)31-21(16-11-14(23)12-17(24)20(16)28)18(30-2)5-3-4-6-19(26)27/h4,6-12,18,21,28H,3,5H2,1-2H3,(H,25,29)(H,26,27)/b6-4+/t18-,21-/m1/s1. The third kappa shape index (κ3) is 7.68. The summed E-state index contributed by atoms with van der Waals surface area (Å²) in [4.78, 5) is 23.3. The Morgan fingerprint density at radius 1 is 1.19 bits per heavy atom. The third-order valence-corrected chi connectivity index (χ3v) is 5.48. The van der Waals surface area contributed by atoms with Gasteiger partial charge < -0.3 is 19.7 Å². The van der Waals surface area contributed by atoms with Crippen molar-refractivity contribution >= 4 is 49.6 Å². The molecule has 31 heavy (non-hydrogen) atoms. The van der Waals surface area contributed by atoms with Crippen LogP contribution in [0, 0.1) is 6.92 Å². The van der Waals surface area contributed by atoms with Gasteiger partial charge in [-0.2, -0.15) is 0 Å². The molecule has 0 unspecified atom stereocenters. The largest absolute Gasteiger partial charge is 0.506 e. The number of ether oxygens (including phenoxy) is 2. The molecule has 0 saturated carbocycles. The Balaban J connectivity index is 2.29. The molecule has 2 rings (SSSR count). The Bertz CT molecular complexity index is 946. The molecule has 9 heteroatoms. The average molecular weight is 557 g/mol. The summed E-state index contributed by atoms with van der Waals surface area (Å²) >= 11 is 6.67. The number of benzene rings is 2. The highest BCUT2D eigenvalue weighted by Crippen LogP contribution is 2.39. The minimum atomic E-state index is -1.05. The molecule has 0 radical (unpaired) electrons. The number of carbonyl (C=O) groups is 2. The number of hydrogen-bond acceptors (Lipinski definition) is 5. The van der Waals surface area contributed by atoms with E-state index in [2.05, 4.69) is 37.2 Å². The maximum Gasteiger partial charge on any atom is 0.412 e. The number of amides is 1. The number of methoxy groups -OCH3 is 1. The van der Waals surface area contributed by atoms with Gasteiger partial charge in [-0.15, -0.1) is 0 Å². The van der Waals surface area contributed by atoms with Crippen molar-refractivity contribution in [3.8, 4) is 5.75 Å². The van der Waals surface area contributed by atoms with Crippen molar-refractivity contribution in [3.05, 3.63) is 68.6 Å². The molecule has 0 heterocycles. The van der Waals surface area contributed by atoms with Gasteiger partial charge in [0.2, 0.25) is 0 Å². The second-order valence-corrected chi connectivity index (χ2v) is 8.50. The summed E-state index contributed by atoms with van der Waals surface area (Å²) < 4.78 is 12.3. The van der Waals surface area contributed by atoms with Gasteiger partial charge in [0.05, 0.1) is 10.6 Å². The van der Waals surface area contributed by atoms with Crippen LogP contribution in [-0.4, -0.2) is 35.5 Å². The molecular formula is C22H23Br2NO6. The molecule has 0 aliphatic rings. The zero-order chi connectivity index (χ0) is 23.0. The second-order valence-electron chi connectivity index (χ2n) is 6.73. The minimum Gasteiger partial charge on any atom is -0.506 e. The van der Waals surface area contributed by atoms with E-state index in [4.69, 9.17) is 14.6 Å². The fourth-order valence-electron chi connectivity index (χ4n) is 2.88. The van der Waals surface area contributed by atoms with Gasteiger partial charge in [0.15, 0.2) is 6.10 Å². The summed E-state index contributed by atoms with van der Waals surface area (Å²) in [5, 5.41) is 22.0. The van der Waals surface area contributed by atoms with Gasteiger partial charge in [0.25, 0.3) is 0 Å². The van der Waals surface area contributed by atoms with E-state index in [9.17, 15) is 14.7 Å². The number of phenols is 1. The first kappa shape index (κ1) is 24.9. The lowest BCUT2D eigenvalue weighted by atomic mass is 9.99. The van der Waals surface area contributed by atoms with Crippen molar-refractivity contribution in [2.45, 2.75) is 32.0 Å². The Labute approximate surface area is 197 Å². The second kappa shape index (κ2) is 11.9. The van der Waals surface area contributed by atoms with E-state index in [1.54, 1.807) is 24.3 Å². The fraction of sp³-hybridized carbons (Fsp3) is 0.273. The quantitative estimate of drug-likeness (QED) is 0.329. The molecule has 2 atom stereocenters. The highest BCUT2D eigenvalue weighted by molar-refractivity contribution is 9.11. The molecule has 0 aliphatic heterocycles. The van der Waals surface area contributed by atoms with E-state index in [-0.39, 0.29) is 5.75 Å². The normalized spacial score (nSPS) is 13.0. The highest BCUT2D eigenvalue weighted by atomic mass is 79.9. The van der Waals surface area contributed by atoms with E-state index in [1.165, 1.54) is 13.2 Å². The zero-order valence-electron chi connectivity index (χ0n) is 17.0. The smallest absolute Gasteiger partial charge is 0.412 e. The van der Waals surface area contributed by atoms with Crippen LogP contribution < -0.4 is 5.32 Å². The number of phenolic OH excluding ortho intramolecular Hbond substituents is 1. The van der Waals surface area contributed by atoms with Crippen LogP contribution in [0.15, 0.2) is 57.5 Å². The number of anilines is 1. The topological polar surface area (TPSA) is 105 Å². The summed E-state index contributed by atoms with van der Waals surface area (Å²) in [5.41, 5.74) is 1.95. The Hall–Kier alpha value is -2.36. The number of carboxylic acid groups (broad SMARTS) is 1. The van der Waals surface area contributed by atoms with Crippen LogP contribution in [0.3, 0.4) is 0 Å². The molecule has 0 fully saturated rings. The number of carboxylic acids is 1. The molecule has 3 N–H and O–H groups in total. The summed E-state index contributed by atoms with van der Waals surface area (Å²) in [6, 6.07) is 10.5. The maximum atomic E-state index is 12.6. The first-order chi connectivity index (χ1) is 14.7. The van der Waals surface area contributed by atoms with Gasteiger partial charge in [-0.1, -0.05) is 39.7 Å². The van der Waals surface area contributed by atoms with Crippen LogP contribution in [0.5, 0.6) is 5.75 Å². The number of halogens is 2. The van der Waals surface area contributed by atoms with Crippen LogP contribution >= 0.6 is 31.9 Å². The molecular weight excluding hydrogens is 534 g/mol. The number of allylic oxidation sites excluding steroid dienone is 1. The lowest BCUT2D eigenvalue weighted by Crippen LogP contribution is -2.28. The molecule has 0 aliphatic carbocycles. The van der Waals surface area contributed by atoms with E-state index in [1.807, 2.05) is 19.1 Å². The molecule has 2 aromatic rings. The molecule has 2 aromatic carbocycles. The van der Waals surface area contributed by atoms with Crippen molar-refractivity contribution in [1.29, 1.82) is 0 Å². The first-order valence-corrected chi connectivity index (χ1v) is 10.9. The molecule has 0 saturated heterocycles. The molecule has 166 valence electrons. The minimum absolute atomic E-state index is 0.0838. The van der Waals surface area contributed by atoms with E-state index in [0.717, 1.165) is 11.6 Å². The third-order valence-electron chi connectivity index (χ3n) is 4.41. The molecule has 0 spiro atoms. The molecule has 1 amide bonds. The Morgan fingerprint density at radius 2 is 1.87 bits per heavy atom. The summed E-state index contributed by atoms with van der Waals surface area (Å²) in [7, 11) is 1.46. The highest BCUT2D eigenvalue weighted by Gasteiger charge is 2.30. The van der Waals surface area contributed by atoms with E-state index < -0.39 is 24.3 Å². The first-order valence-electron chi connectivity index (χ1n) is 9.35. The fourth-order valence-corrected chi connectivity index (χ4v) is 4.14. The SMILES string of the molecule is CO[C@H](CC/C=C/C(=O)O)[C@H](OC(=O)Nc1ccc(C)cc1)c1cc(Br)cc(Br)c1O. The summed E-state index contributed by atoms with van der Waals surface area (Å²) in [6.45, 7) is 1.94. The van der Waals surface area contributed by atoms with Gasteiger partial charge in [-0.05, 0) is 60.0 Å². The number of aromatic hydroxyl groups is 1. The summed E-state index contributed by atoms with van der Waals surface area (Å²) in [6.07, 6.45) is 0.949. The van der Waals surface area contributed by atoms with Crippen molar-refractivity contribution < 1.29 is 29.3 Å². The summed E-state index contributed by atoms with van der Waals surface area (Å²) in [5.74, 6) is -1.13. The van der Waals surface area contributed by atoms with Crippen molar-refractivity contribution in [1.82, 2.24) is 0 Å². The van der Waals surface area contributed by atoms with Crippen molar-refractivity contribution in [2.75, 3.05) is 12.4 Å². The van der Waals surface area contributed by atoms with Gasteiger partial charge in [-0.25, -0.2) is 9.59 Å².